The maximum atomic E-state index is 11.8. The van der Waals surface area contributed by atoms with Crippen LogP contribution in [0.25, 0.3) is 0 Å². The van der Waals surface area contributed by atoms with E-state index in [4.69, 9.17) is 21.1 Å². The van der Waals surface area contributed by atoms with Gasteiger partial charge in [-0.1, -0.05) is 50.6 Å². The molecule has 0 aliphatic heterocycles. The van der Waals surface area contributed by atoms with Crippen molar-refractivity contribution in [1.29, 1.82) is 0 Å². The van der Waals surface area contributed by atoms with Crippen molar-refractivity contribution in [2.45, 2.75) is 71.6 Å². The van der Waals surface area contributed by atoms with Crippen LogP contribution in [-0.4, -0.2) is 18.5 Å². The van der Waals surface area contributed by atoms with E-state index in [1.807, 2.05) is 6.92 Å². The van der Waals surface area contributed by atoms with E-state index in [1.165, 1.54) is 25.7 Å². The van der Waals surface area contributed by atoms with Crippen molar-refractivity contribution < 1.29 is 19.1 Å². The van der Waals surface area contributed by atoms with Gasteiger partial charge in [0, 0.05) is 17.9 Å². The number of benzene rings is 1. The molecule has 25 heavy (non-hydrogen) atoms. The van der Waals surface area contributed by atoms with E-state index < -0.39 is 0 Å². The Morgan fingerprint density at radius 1 is 0.960 bits per heavy atom. The molecule has 0 bridgehead atoms. The molecular formula is C20H29ClO4. The first kappa shape index (κ1) is 21.5. The minimum absolute atomic E-state index is 0.189. The molecule has 0 saturated carbocycles. The maximum Gasteiger partial charge on any atom is 0.311 e. The molecule has 0 heterocycles. The molecule has 0 aromatic heterocycles. The Morgan fingerprint density at radius 3 is 2.36 bits per heavy atom. The van der Waals surface area contributed by atoms with Crippen LogP contribution in [0.5, 0.6) is 5.75 Å². The van der Waals surface area contributed by atoms with Crippen LogP contribution in [0.1, 0.15) is 70.3 Å². The monoisotopic (exact) mass is 368 g/mol. The molecule has 0 aliphatic rings. The van der Waals surface area contributed by atoms with Crippen LogP contribution in [0.2, 0.25) is 5.02 Å². The first-order valence-corrected chi connectivity index (χ1v) is 9.53. The Balaban J connectivity index is 2.09. The molecule has 5 heteroatoms. The highest BCUT2D eigenvalue weighted by atomic mass is 35.5. The highest BCUT2D eigenvalue weighted by Crippen LogP contribution is 2.22. The molecular weight excluding hydrogens is 340 g/mol. The maximum absolute atomic E-state index is 11.8. The number of unbranched alkanes of at least 4 members (excludes halogenated alkanes) is 5. The molecule has 1 rings (SSSR count). The Morgan fingerprint density at radius 2 is 1.64 bits per heavy atom. The van der Waals surface area contributed by atoms with Gasteiger partial charge in [0.05, 0.1) is 6.61 Å². The Labute approximate surface area is 155 Å². The lowest BCUT2D eigenvalue weighted by molar-refractivity contribution is -0.144. The molecule has 0 unspecified atom stereocenters. The fraction of sp³-hybridized carbons (Fsp3) is 0.600. The van der Waals surface area contributed by atoms with Gasteiger partial charge < -0.3 is 9.47 Å². The zero-order chi connectivity index (χ0) is 18.5. The third kappa shape index (κ3) is 10.1. The summed E-state index contributed by atoms with van der Waals surface area (Å²) in [5.41, 5.74) is 0.805. The second-order valence-corrected chi connectivity index (χ2v) is 6.66. The number of rotatable bonds is 12. The minimum Gasteiger partial charge on any atom is -0.466 e. The summed E-state index contributed by atoms with van der Waals surface area (Å²) in [5.74, 6) is -0.0989. The largest absolute Gasteiger partial charge is 0.466 e. The van der Waals surface area contributed by atoms with E-state index in [-0.39, 0.29) is 24.8 Å². The number of carbonyl (C=O) groups excluding carboxylic acids is 2. The van der Waals surface area contributed by atoms with Crippen molar-refractivity contribution in [1.82, 2.24) is 0 Å². The van der Waals surface area contributed by atoms with E-state index in [2.05, 4.69) is 6.92 Å². The normalized spacial score (nSPS) is 10.5. The van der Waals surface area contributed by atoms with Crippen LogP contribution in [0.15, 0.2) is 18.2 Å². The number of esters is 2. The van der Waals surface area contributed by atoms with Crippen LogP contribution in [0, 0.1) is 6.92 Å². The SMILES string of the molecule is CCCCCCCCOC(=O)CCCC(=O)Oc1ccc(Cl)cc1C. The number of carbonyl (C=O) groups is 2. The molecule has 1 aromatic rings. The van der Waals surface area contributed by atoms with Crippen LogP contribution < -0.4 is 4.74 Å². The number of aryl methyl sites for hydroxylation is 1. The summed E-state index contributed by atoms with van der Waals surface area (Å²) in [6.07, 6.45) is 7.81. The van der Waals surface area contributed by atoms with E-state index in [0.29, 0.717) is 23.8 Å². The van der Waals surface area contributed by atoms with Gasteiger partial charge in [-0.3, -0.25) is 9.59 Å². The third-order valence-electron chi connectivity index (χ3n) is 3.88. The average Bonchev–Trinajstić information content (AvgIpc) is 2.56. The van der Waals surface area contributed by atoms with Crippen molar-refractivity contribution >= 4 is 23.5 Å². The summed E-state index contributed by atoms with van der Waals surface area (Å²) in [4.78, 5) is 23.4. The Kier molecular flexibility index (Phi) is 11.0. The summed E-state index contributed by atoms with van der Waals surface area (Å²) in [6, 6.07) is 5.09. The van der Waals surface area contributed by atoms with Gasteiger partial charge in [-0.15, -0.1) is 0 Å². The average molecular weight is 369 g/mol. The van der Waals surface area contributed by atoms with Gasteiger partial charge in [0.25, 0.3) is 0 Å². The second-order valence-electron chi connectivity index (χ2n) is 6.23. The lowest BCUT2D eigenvalue weighted by Gasteiger charge is -2.08. The lowest BCUT2D eigenvalue weighted by atomic mass is 10.1. The smallest absolute Gasteiger partial charge is 0.311 e. The van der Waals surface area contributed by atoms with Gasteiger partial charge in [0.2, 0.25) is 0 Å². The summed E-state index contributed by atoms with van der Waals surface area (Å²) in [6.45, 7) is 4.49. The number of ether oxygens (including phenoxy) is 2. The molecule has 140 valence electrons. The lowest BCUT2D eigenvalue weighted by Crippen LogP contribution is -2.11. The van der Waals surface area contributed by atoms with E-state index in [9.17, 15) is 9.59 Å². The van der Waals surface area contributed by atoms with Gasteiger partial charge >= 0.3 is 11.9 Å². The molecule has 0 aliphatic carbocycles. The van der Waals surface area contributed by atoms with Gasteiger partial charge in [0.1, 0.15) is 5.75 Å². The number of hydrogen-bond acceptors (Lipinski definition) is 4. The van der Waals surface area contributed by atoms with E-state index in [0.717, 1.165) is 18.4 Å². The van der Waals surface area contributed by atoms with Crippen molar-refractivity contribution in [2.75, 3.05) is 6.61 Å². The van der Waals surface area contributed by atoms with Crippen molar-refractivity contribution in [3.63, 3.8) is 0 Å². The summed E-state index contributed by atoms with van der Waals surface area (Å²) < 4.78 is 10.5. The van der Waals surface area contributed by atoms with Gasteiger partial charge in [-0.05, 0) is 43.5 Å². The van der Waals surface area contributed by atoms with Gasteiger partial charge in [0.15, 0.2) is 0 Å². The molecule has 4 nitrogen and oxygen atoms in total. The molecule has 0 radical (unpaired) electrons. The fourth-order valence-corrected chi connectivity index (χ4v) is 2.65. The van der Waals surface area contributed by atoms with Crippen molar-refractivity contribution in [2.24, 2.45) is 0 Å². The molecule has 0 spiro atoms. The third-order valence-corrected chi connectivity index (χ3v) is 4.12. The molecule has 0 amide bonds. The highest BCUT2D eigenvalue weighted by molar-refractivity contribution is 6.30. The number of halogens is 1. The van der Waals surface area contributed by atoms with Crippen LogP contribution in [-0.2, 0) is 14.3 Å². The highest BCUT2D eigenvalue weighted by Gasteiger charge is 2.10. The molecule has 0 fully saturated rings. The molecule has 0 N–H and O–H groups in total. The first-order valence-electron chi connectivity index (χ1n) is 9.15. The molecule has 1 aromatic carbocycles. The van der Waals surface area contributed by atoms with Gasteiger partial charge in [-0.25, -0.2) is 0 Å². The predicted octanol–water partition coefficient (Wildman–Crippen LogP) is 5.63. The molecule has 0 saturated heterocycles. The number of hydrogen-bond donors (Lipinski definition) is 0. The zero-order valence-electron chi connectivity index (χ0n) is 15.3. The van der Waals surface area contributed by atoms with E-state index >= 15 is 0 Å². The zero-order valence-corrected chi connectivity index (χ0v) is 16.1. The summed E-state index contributed by atoms with van der Waals surface area (Å²) in [5, 5.41) is 0.602. The van der Waals surface area contributed by atoms with E-state index in [1.54, 1.807) is 18.2 Å². The standard InChI is InChI=1S/C20H29ClO4/c1-3-4-5-6-7-8-14-24-19(22)10-9-11-20(23)25-18-13-12-17(21)15-16(18)2/h12-13,15H,3-11,14H2,1-2H3. The minimum atomic E-state index is -0.353. The Bertz CT molecular complexity index is 542. The van der Waals surface area contributed by atoms with Crippen LogP contribution in [0.4, 0.5) is 0 Å². The topological polar surface area (TPSA) is 52.6 Å². The summed E-state index contributed by atoms with van der Waals surface area (Å²) >= 11 is 5.86. The first-order chi connectivity index (χ1) is 12.0. The summed E-state index contributed by atoms with van der Waals surface area (Å²) in [7, 11) is 0. The van der Waals surface area contributed by atoms with Crippen molar-refractivity contribution in [3.8, 4) is 5.75 Å². The fourth-order valence-electron chi connectivity index (χ4n) is 2.42. The van der Waals surface area contributed by atoms with Gasteiger partial charge in [-0.2, -0.15) is 0 Å². The predicted molar refractivity (Wildman–Crippen MR) is 100 cm³/mol. The Hall–Kier alpha value is -1.55. The quantitative estimate of drug-likeness (QED) is 0.272. The second kappa shape index (κ2) is 12.8. The molecule has 0 atom stereocenters. The van der Waals surface area contributed by atoms with Crippen LogP contribution >= 0.6 is 11.6 Å². The van der Waals surface area contributed by atoms with Crippen molar-refractivity contribution in [3.05, 3.63) is 28.8 Å². The van der Waals surface area contributed by atoms with Crippen LogP contribution in [0.3, 0.4) is 0 Å².